The van der Waals surface area contributed by atoms with Gasteiger partial charge in [-0.15, -0.1) is 0 Å². The number of allylic oxidation sites excluding steroid dienone is 1. The van der Waals surface area contributed by atoms with E-state index in [1.807, 2.05) is 33.3 Å². The number of carbonyl (C=O) groups is 2. The fourth-order valence-corrected chi connectivity index (χ4v) is 6.00. The van der Waals surface area contributed by atoms with Crippen LogP contribution in [-0.2, 0) is 6.54 Å². The molecule has 0 bridgehead atoms. The topological polar surface area (TPSA) is 74.6 Å². The molecule has 0 aliphatic heterocycles. The van der Waals surface area contributed by atoms with Crippen LogP contribution in [-0.4, -0.2) is 53.6 Å². The summed E-state index contributed by atoms with van der Waals surface area (Å²) in [5.74, 6) is -0.505. The van der Waals surface area contributed by atoms with Crippen LogP contribution >= 0.6 is 0 Å². The van der Waals surface area contributed by atoms with E-state index in [4.69, 9.17) is 0 Å². The first kappa shape index (κ1) is 29.6. The Bertz CT molecular complexity index is 1360. The SMILES string of the molecule is CCCCCn1cc(C(=O)NCCN(C)C)c2cccc(/C=C(/c3ccc(C(=O)O)cc3C)C3CCCCC3)c21. The van der Waals surface area contributed by atoms with Crippen molar-refractivity contribution in [2.75, 3.05) is 27.2 Å². The molecule has 2 N–H and O–H groups in total. The van der Waals surface area contributed by atoms with Crippen molar-refractivity contribution in [3.05, 3.63) is 70.4 Å². The molecule has 3 aromatic rings. The van der Waals surface area contributed by atoms with Gasteiger partial charge in [0.2, 0.25) is 0 Å². The third-order valence-electron chi connectivity index (χ3n) is 8.16. The molecular weight excluding hydrogens is 498 g/mol. The number of fused-ring (bicyclic) bond motifs is 1. The van der Waals surface area contributed by atoms with Crippen molar-refractivity contribution < 1.29 is 14.7 Å². The number of nitrogens with one attached hydrogen (secondary N) is 1. The minimum atomic E-state index is -0.899. The van der Waals surface area contributed by atoms with Crippen molar-refractivity contribution >= 4 is 34.4 Å². The third-order valence-corrected chi connectivity index (χ3v) is 8.16. The number of unbranched alkanes of at least 4 members (excludes halogenated alkanes) is 2. The van der Waals surface area contributed by atoms with E-state index in [1.165, 1.54) is 24.8 Å². The highest BCUT2D eigenvalue weighted by molar-refractivity contribution is 6.09. The molecule has 40 heavy (non-hydrogen) atoms. The van der Waals surface area contributed by atoms with Gasteiger partial charge < -0.3 is 19.9 Å². The van der Waals surface area contributed by atoms with Gasteiger partial charge in [-0.3, -0.25) is 4.79 Å². The number of likely N-dealkylation sites (N-methyl/N-ethyl adjacent to an activating group) is 1. The second-order valence-electron chi connectivity index (χ2n) is 11.5. The molecule has 214 valence electrons. The number of aromatic nitrogens is 1. The molecule has 1 aromatic heterocycles. The van der Waals surface area contributed by atoms with E-state index in [2.05, 4.69) is 46.0 Å². The molecule has 6 heteroatoms. The van der Waals surface area contributed by atoms with Crippen LogP contribution in [0.1, 0.15) is 95.7 Å². The molecule has 1 amide bonds. The van der Waals surface area contributed by atoms with Crippen molar-refractivity contribution in [3.8, 4) is 0 Å². The molecule has 4 rings (SSSR count). The average Bonchev–Trinajstić information content (AvgIpc) is 3.32. The number of para-hydroxylation sites is 1. The molecule has 2 aromatic carbocycles. The molecule has 0 spiro atoms. The van der Waals surface area contributed by atoms with Crippen molar-refractivity contribution in [1.82, 2.24) is 14.8 Å². The van der Waals surface area contributed by atoms with Crippen molar-refractivity contribution in [2.24, 2.45) is 5.92 Å². The van der Waals surface area contributed by atoms with Gasteiger partial charge in [-0.25, -0.2) is 4.79 Å². The second-order valence-corrected chi connectivity index (χ2v) is 11.5. The number of nitrogens with zero attached hydrogens (tertiary/aromatic N) is 2. The lowest BCUT2D eigenvalue weighted by atomic mass is 9.79. The smallest absolute Gasteiger partial charge is 0.335 e. The van der Waals surface area contributed by atoms with E-state index in [1.54, 1.807) is 12.1 Å². The molecule has 0 unspecified atom stereocenters. The maximum absolute atomic E-state index is 13.3. The molecule has 0 atom stereocenters. The predicted octanol–water partition coefficient (Wildman–Crippen LogP) is 7.25. The quantitative estimate of drug-likeness (QED) is 0.186. The number of benzene rings is 2. The Labute approximate surface area is 239 Å². The number of aromatic carboxylic acids is 1. The zero-order valence-corrected chi connectivity index (χ0v) is 24.6. The van der Waals surface area contributed by atoms with Crippen molar-refractivity contribution in [1.29, 1.82) is 0 Å². The Morgan fingerprint density at radius 1 is 1.07 bits per heavy atom. The number of carboxylic acids is 1. The van der Waals surface area contributed by atoms with Crippen LogP contribution in [0.15, 0.2) is 42.6 Å². The van der Waals surface area contributed by atoms with E-state index < -0.39 is 5.97 Å². The minimum Gasteiger partial charge on any atom is -0.478 e. The monoisotopic (exact) mass is 543 g/mol. The number of hydrogen-bond acceptors (Lipinski definition) is 3. The Kier molecular flexibility index (Phi) is 10.2. The summed E-state index contributed by atoms with van der Waals surface area (Å²) in [6.07, 6.45) is 13.7. The van der Waals surface area contributed by atoms with Gasteiger partial charge in [0.1, 0.15) is 0 Å². The largest absolute Gasteiger partial charge is 0.478 e. The molecule has 1 saturated carbocycles. The summed E-state index contributed by atoms with van der Waals surface area (Å²) in [4.78, 5) is 27.0. The summed E-state index contributed by atoms with van der Waals surface area (Å²) in [5.41, 5.74) is 6.65. The minimum absolute atomic E-state index is 0.0326. The first-order chi connectivity index (χ1) is 19.3. The van der Waals surface area contributed by atoms with Crippen LogP contribution in [0.25, 0.3) is 22.6 Å². The van der Waals surface area contributed by atoms with Gasteiger partial charge in [-0.05, 0) is 86.7 Å². The molecule has 1 heterocycles. The average molecular weight is 544 g/mol. The van der Waals surface area contributed by atoms with E-state index in [-0.39, 0.29) is 5.91 Å². The lowest BCUT2D eigenvalue weighted by molar-refractivity contribution is 0.0696. The van der Waals surface area contributed by atoms with Gasteiger partial charge in [0.05, 0.1) is 16.6 Å². The molecule has 0 radical (unpaired) electrons. The molecule has 6 nitrogen and oxygen atoms in total. The van der Waals surface area contributed by atoms with Crippen LogP contribution in [0.4, 0.5) is 0 Å². The molecule has 0 saturated heterocycles. The first-order valence-electron chi connectivity index (χ1n) is 14.9. The van der Waals surface area contributed by atoms with Crippen LogP contribution < -0.4 is 5.32 Å². The Balaban J connectivity index is 1.84. The van der Waals surface area contributed by atoms with E-state index in [0.29, 0.717) is 18.0 Å². The highest BCUT2D eigenvalue weighted by Crippen LogP contribution is 2.39. The Hall–Kier alpha value is -3.38. The second kappa shape index (κ2) is 13.8. The zero-order chi connectivity index (χ0) is 28.6. The normalized spacial score (nSPS) is 14.7. The number of rotatable bonds is 12. The number of aryl methyl sites for hydroxylation is 2. The van der Waals surface area contributed by atoms with Crippen molar-refractivity contribution in [3.63, 3.8) is 0 Å². The number of amides is 1. The lowest BCUT2D eigenvalue weighted by Gasteiger charge is -2.26. The van der Waals surface area contributed by atoms with Crippen molar-refractivity contribution in [2.45, 2.75) is 71.8 Å². The lowest BCUT2D eigenvalue weighted by Crippen LogP contribution is -2.31. The fourth-order valence-electron chi connectivity index (χ4n) is 6.00. The maximum atomic E-state index is 13.3. The molecular formula is C34H45N3O3. The predicted molar refractivity (Wildman–Crippen MR) is 165 cm³/mol. The maximum Gasteiger partial charge on any atom is 0.335 e. The van der Waals surface area contributed by atoms with Gasteiger partial charge in [0, 0.05) is 31.2 Å². The zero-order valence-electron chi connectivity index (χ0n) is 24.6. The van der Waals surface area contributed by atoms with Crippen LogP contribution in [0.3, 0.4) is 0 Å². The van der Waals surface area contributed by atoms with Gasteiger partial charge in [0.25, 0.3) is 5.91 Å². The van der Waals surface area contributed by atoms with Crippen LogP contribution in [0.2, 0.25) is 0 Å². The van der Waals surface area contributed by atoms with E-state index in [0.717, 1.165) is 78.4 Å². The van der Waals surface area contributed by atoms with E-state index >= 15 is 0 Å². The highest BCUT2D eigenvalue weighted by atomic mass is 16.4. The van der Waals surface area contributed by atoms with Gasteiger partial charge in [0.15, 0.2) is 0 Å². The summed E-state index contributed by atoms with van der Waals surface area (Å²) >= 11 is 0. The number of hydrogen-bond donors (Lipinski definition) is 2. The standard InChI is InChI=1S/C34H45N3O3/c1-5-6-10-19-37-23-31(33(38)35-18-20-36(3)4)29-15-11-14-26(32(29)37)22-30(25-12-8-7-9-13-25)28-17-16-27(34(39)40)21-24(28)2/h11,14-17,21-23,25H,5-10,12-13,18-20H2,1-4H3,(H,35,38)(H,39,40)/b30-22+. The summed E-state index contributed by atoms with van der Waals surface area (Å²) in [7, 11) is 4.01. The number of carbonyl (C=O) groups excluding carboxylic acids is 1. The number of carboxylic acid groups (broad SMARTS) is 1. The summed E-state index contributed by atoms with van der Waals surface area (Å²) in [6.45, 7) is 6.49. The highest BCUT2D eigenvalue weighted by Gasteiger charge is 2.23. The van der Waals surface area contributed by atoms with Crippen LogP contribution in [0, 0.1) is 12.8 Å². The Morgan fingerprint density at radius 2 is 1.85 bits per heavy atom. The van der Waals surface area contributed by atoms with E-state index in [9.17, 15) is 14.7 Å². The summed E-state index contributed by atoms with van der Waals surface area (Å²) in [5, 5.41) is 13.6. The Morgan fingerprint density at radius 3 is 2.52 bits per heavy atom. The summed E-state index contributed by atoms with van der Waals surface area (Å²) in [6, 6.07) is 11.8. The molecule has 1 aliphatic rings. The molecule has 1 aliphatic carbocycles. The first-order valence-corrected chi connectivity index (χ1v) is 14.9. The molecule has 1 fully saturated rings. The van der Waals surface area contributed by atoms with Crippen LogP contribution in [0.5, 0.6) is 0 Å². The van der Waals surface area contributed by atoms with Gasteiger partial charge >= 0.3 is 5.97 Å². The third kappa shape index (κ3) is 7.03. The fraction of sp³-hybridized carbons (Fsp3) is 0.471. The van der Waals surface area contributed by atoms with Gasteiger partial charge in [-0.1, -0.05) is 63.3 Å². The van der Waals surface area contributed by atoms with Gasteiger partial charge in [-0.2, -0.15) is 0 Å². The summed E-state index contributed by atoms with van der Waals surface area (Å²) < 4.78 is 2.27.